The number of carbonyl (C=O) groups excluding carboxylic acids is 2. The summed E-state index contributed by atoms with van der Waals surface area (Å²) < 4.78 is 0. The van der Waals surface area contributed by atoms with Crippen molar-refractivity contribution in [2.45, 2.75) is 54.4 Å². The minimum Gasteiger partial charge on any atom is -0.396 e. The second kappa shape index (κ2) is 7.08. The van der Waals surface area contributed by atoms with Gasteiger partial charge in [0.15, 0.2) is 0 Å². The van der Waals surface area contributed by atoms with Gasteiger partial charge >= 0.3 is 0 Å². The fraction of sp³-hybridized carbons (Fsp3) is 0.684. The van der Waals surface area contributed by atoms with E-state index in [4.69, 9.17) is 5.11 Å². The number of rotatable bonds is 7. The predicted molar refractivity (Wildman–Crippen MR) is 102 cm³/mol. The molecule has 25 heavy (non-hydrogen) atoms. The van der Waals surface area contributed by atoms with Gasteiger partial charge in [0, 0.05) is 23.9 Å². The topological polar surface area (TPSA) is 78.4 Å². The molecule has 0 bridgehead atoms. The first-order valence-corrected chi connectivity index (χ1v) is 9.67. The molecule has 0 aliphatic heterocycles. The van der Waals surface area contributed by atoms with E-state index < -0.39 is 0 Å². The minimum absolute atomic E-state index is 0.00872. The minimum atomic E-state index is -0.163. The Morgan fingerprint density at radius 1 is 1.12 bits per heavy atom. The molecule has 5 nitrogen and oxygen atoms in total. The second-order valence-electron chi connectivity index (χ2n) is 8.04. The van der Waals surface area contributed by atoms with Gasteiger partial charge in [-0.25, -0.2) is 0 Å². The van der Waals surface area contributed by atoms with Crippen molar-refractivity contribution in [2.24, 2.45) is 16.7 Å². The van der Waals surface area contributed by atoms with Gasteiger partial charge in [-0.15, -0.1) is 11.3 Å². The SMILES string of the molecule is Cc1sc(NC(=O)C2C(C)(C)C2(C)C)c(C(=O)NCCCCO)c1C. The van der Waals surface area contributed by atoms with Crippen molar-refractivity contribution in [3.63, 3.8) is 0 Å². The summed E-state index contributed by atoms with van der Waals surface area (Å²) in [6.07, 6.45) is 1.40. The van der Waals surface area contributed by atoms with E-state index >= 15 is 0 Å². The van der Waals surface area contributed by atoms with Crippen molar-refractivity contribution in [1.29, 1.82) is 0 Å². The van der Waals surface area contributed by atoms with Crippen molar-refractivity contribution in [3.8, 4) is 0 Å². The summed E-state index contributed by atoms with van der Waals surface area (Å²) in [5.41, 5.74) is 1.40. The van der Waals surface area contributed by atoms with Gasteiger partial charge in [0.05, 0.1) is 5.56 Å². The number of aliphatic hydroxyl groups excluding tert-OH is 1. The molecule has 1 fully saturated rings. The summed E-state index contributed by atoms with van der Waals surface area (Å²) >= 11 is 1.45. The third kappa shape index (κ3) is 3.60. The molecule has 0 spiro atoms. The molecule has 0 saturated heterocycles. The molecule has 0 unspecified atom stereocenters. The number of thiophene rings is 1. The molecule has 2 rings (SSSR count). The molecule has 2 amide bonds. The summed E-state index contributed by atoms with van der Waals surface area (Å²) in [5, 5.41) is 15.4. The molecular formula is C19H30N2O3S. The predicted octanol–water partition coefficient (Wildman–Crippen LogP) is 3.49. The lowest BCUT2D eigenvalue weighted by Gasteiger charge is -2.09. The molecule has 1 aliphatic carbocycles. The van der Waals surface area contributed by atoms with Crippen molar-refractivity contribution in [3.05, 3.63) is 16.0 Å². The Bertz CT molecular complexity index is 662. The van der Waals surface area contributed by atoms with Crippen LogP contribution in [0.15, 0.2) is 0 Å². The molecule has 0 atom stereocenters. The molecule has 140 valence electrons. The van der Waals surface area contributed by atoms with Crippen LogP contribution < -0.4 is 10.6 Å². The Morgan fingerprint density at radius 3 is 2.24 bits per heavy atom. The molecule has 1 aromatic rings. The molecule has 1 aromatic heterocycles. The highest BCUT2D eigenvalue weighted by atomic mass is 32.1. The molecule has 1 saturated carbocycles. The van der Waals surface area contributed by atoms with Crippen LogP contribution in [0.1, 0.15) is 61.3 Å². The van der Waals surface area contributed by atoms with E-state index in [2.05, 4.69) is 38.3 Å². The first kappa shape index (κ1) is 19.9. The van der Waals surface area contributed by atoms with Gasteiger partial charge in [0.25, 0.3) is 5.91 Å². The van der Waals surface area contributed by atoms with E-state index in [9.17, 15) is 9.59 Å². The zero-order valence-corrected chi connectivity index (χ0v) is 16.9. The Morgan fingerprint density at radius 2 is 1.72 bits per heavy atom. The largest absolute Gasteiger partial charge is 0.396 e. The van der Waals surface area contributed by atoms with E-state index in [1.807, 2.05) is 13.8 Å². The quantitative estimate of drug-likeness (QED) is 0.646. The summed E-state index contributed by atoms with van der Waals surface area (Å²) in [6.45, 7) is 12.9. The number of nitrogens with one attached hydrogen (secondary N) is 2. The maximum Gasteiger partial charge on any atom is 0.254 e. The maximum atomic E-state index is 12.7. The molecule has 3 N–H and O–H groups in total. The lowest BCUT2D eigenvalue weighted by Crippen LogP contribution is -2.26. The highest BCUT2D eigenvalue weighted by Crippen LogP contribution is 2.68. The molecule has 0 aromatic carbocycles. The van der Waals surface area contributed by atoms with Crippen LogP contribution in [0, 0.1) is 30.6 Å². The van der Waals surface area contributed by atoms with Crippen LogP contribution >= 0.6 is 11.3 Å². The summed E-state index contributed by atoms with van der Waals surface area (Å²) in [6, 6.07) is 0. The van der Waals surface area contributed by atoms with Crippen LogP contribution in [-0.4, -0.2) is 30.1 Å². The van der Waals surface area contributed by atoms with Gasteiger partial charge in [-0.1, -0.05) is 27.7 Å². The zero-order chi connectivity index (χ0) is 19.0. The number of hydrogen-bond acceptors (Lipinski definition) is 4. The first-order chi connectivity index (χ1) is 11.6. The fourth-order valence-electron chi connectivity index (χ4n) is 3.55. The number of anilines is 1. The lowest BCUT2D eigenvalue weighted by atomic mass is 10.0. The number of hydrogen-bond donors (Lipinski definition) is 3. The molecular weight excluding hydrogens is 336 g/mol. The molecule has 1 heterocycles. The Kier molecular flexibility index (Phi) is 5.64. The van der Waals surface area contributed by atoms with Crippen molar-refractivity contribution >= 4 is 28.2 Å². The van der Waals surface area contributed by atoms with E-state index in [0.717, 1.165) is 16.9 Å². The van der Waals surface area contributed by atoms with E-state index in [1.165, 1.54) is 11.3 Å². The molecule has 1 aliphatic rings. The summed E-state index contributed by atoms with van der Waals surface area (Å²) in [5.74, 6) is -0.224. The standard InChI is InChI=1S/C19H30N2O3S/c1-11-12(2)25-17(13(11)15(23)20-9-7-8-10-22)21-16(24)14-18(3,4)19(14,5)6/h14,22H,7-10H2,1-6H3,(H,20,23)(H,21,24). The van der Waals surface area contributed by atoms with Gasteiger partial charge < -0.3 is 15.7 Å². The van der Waals surface area contributed by atoms with Crippen molar-refractivity contribution in [1.82, 2.24) is 5.32 Å². The highest BCUT2D eigenvalue weighted by molar-refractivity contribution is 7.16. The third-order valence-electron chi connectivity index (χ3n) is 6.00. The van der Waals surface area contributed by atoms with Gasteiger partial charge in [-0.2, -0.15) is 0 Å². The normalized spacial score (nSPS) is 18.0. The van der Waals surface area contributed by atoms with E-state index in [-0.39, 0.29) is 35.2 Å². The average molecular weight is 367 g/mol. The van der Waals surface area contributed by atoms with Gasteiger partial charge in [0.1, 0.15) is 5.00 Å². The van der Waals surface area contributed by atoms with Crippen LogP contribution in [0.25, 0.3) is 0 Å². The van der Waals surface area contributed by atoms with E-state index in [0.29, 0.717) is 23.5 Å². The van der Waals surface area contributed by atoms with Crippen molar-refractivity contribution in [2.75, 3.05) is 18.5 Å². The Labute approximate surface area is 154 Å². The first-order valence-electron chi connectivity index (χ1n) is 8.85. The summed E-state index contributed by atoms with van der Waals surface area (Å²) in [7, 11) is 0. The number of aliphatic hydroxyl groups is 1. The number of carbonyl (C=O) groups is 2. The number of amides is 2. The van der Waals surface area contributed by atoms with E-state index in [1.54, 1.807) is 0 Å². The lowest BCUT2D eigenvalue weighted by molar-refractivity contribution is -0.118. The van der Waals surface area contributed by atoms with Gasteiger partial charge in [0.2, 0.25) is 5.91 Å². The zero-order valence-electron chi connectivity index (χ0n) is 16.1. The second-order valence-corrected chi connectivity index (χ2v) is 9.26. The number of aryl methyl sites for hydroxylation is 1. The van der Waals surface area contributed by atoms with Crippen LogP contribution in [0.2, 0.25) is 0 Å². The van der Waals surface area contributed by atoms with Gasteiger partial charge in [-0.3, -0.25) is 9.59 Å². The maximum absolute atomic E-state index is 12.7. The number of unbranched alkanes of at least 4 members (excludes halogenated alkanes) is 1. The Balaban J connectivity index is 2.13. The van der Waals surface area contributed by atoms with Crippen LogP contribution in [0.5, 0.6) is 0 Å². The smallest absolute Gasteiger partial charge is 0.254 e. The molecule has 0 radical (unpaired) electrons. The van der Waals surface area contributed by atoms with Crippen LogP contribution in [0.3, 0.4) is 0 Å². The third-order valence-corrected chi connectivity index (χ3v) is 7.13. The monoisotopic (exact) mass is 366 g/mol. The van der Waals surface area contributed by atoms with Gasteiger partial charge in [-0.05, 0) is 43.1 Å². The summed E-state index contributed by atoms with van der Waals surface area (Å²) in [4.78, 5) is 26.3. The van der Waals surface area contributed by atoms with Crippen LogP contribution in [0.4, 0.5) is 5.00 Å². The van der Waals surface area contributed by atoms with Crippen LogP contribution in [-0.2, 0) is 4.79 Å². The highest BCUT2D eigenvalue weighted by Gasteiger charge is 2.68. The van der Waals surface area contributed by atoms with Crippen molar-refractivity contribution < 1.29 is 14.7 Å². The Hall–Kier alpha value is -1.40. The fourth-order valence-corrected chi connectivity index (χ4v) is 4.61. The molecule has 6 heteroatoms. The average Bonchev–Trinajstić information content (AvgIpc) is 2.75.